The van der Waals surface area contributed by atoms with E-state index in [0.29, 0.717) is 5.56 Å². The molecule has 2 aliphatic rings. The number of imide groups is 1. The number of nitrogens with one attached hydrogen (secondary N) is 2. The van der Waals surface area contributed by atoms with E-state index in [9.17, 15) is 29.6 Å². The smallest absolute Gasteiger partial charge is 0.325 e. The molecule has 9 nitrogen and oxygen atoms in total. The van der Waals surface area contributed by atoms with Gasteiger partial charge in [-0.15, -0.1) is 0 Å². The molecular weight excluding hydrogens is 390 g/mol. The fourth-order valence-corrected chi connectivity index (χ4v) is 4.62. The predicted molar refractivity (Wildman–Crippen MR) is 104 cm³/mol. The van der Waals surface area contributed by atoms with Gasteiger partial charge in [-0.1, -0.05) is 36.4 Å². The maximum Gasteiger partial charge on any atom is 0.325 e. The Morgan fingerprint density at radius 3 is 2.40 bits per heavy atom. The minimum atomic E-state index is -1.73. The first-order chi connectivity index (χ1) is 14.2. The number of benzene rings is 2. The summed E-state index contributed by atoms with van der Waals surface area (Å²) >= 11 is 0. The highest BCUT2D eigenvalue weighted by molar-refractivity contribution is 6.09. The van der Waals surface area contributed by atoms with Crippen LogP contribution in [0, 0.1) is 28.9 Å². The van der Waals surface area contributed by atoms with Crippen LogP contribution < -0.4 is 10.6 Å². The SMILES string of the molecule is Cc1ccccc1C1NC(Cc2ccc([N+](=O)[O-])cc2)(C(=O)O)C2C(=O)NC(=O)C12. The number of hydrogen-bond acceptors (Lipinski definition) is 6. The van der Waals surface area contributed by atoms with E-state index >= 15 is 0 Å². The highest BCUT2D eigenvalue weighted by atomic mass is 16.6. The Kier molecular flexibility index (Phi) is 4.62. The second-order valence-corrected chi connectivity index (χ2v) is 7.71. The van der Waals surface area contributed by atoms with Crippen molar-refractivity contribution in [2.24, 2.45) is 11.8 Å². The molecule has 2 aromatic rings. The molecule has 2 aliphatic heterocycles. The highest BCUT2D eigenvalue weighted by Crippen LogP contribution is 2.48. The molecule has 0 bridgehead atoms. The first kappa shape index (κ1) is 19.7. The third-order valence-electron chi connectivity index (χ3n) is 6.03. The lowest BCUT2D eigenvalue weighted by Gasteiger charge is -2.30. The summed E-state index contributed by atoms with van der Waals surface area (Å²) in [5.41, 5.74) is 0.282. The minimum Gasteiger partial charge on any atom is -0.480 e. The Hall–Kier alpha value is -3.59. The van der Waals surface area contributed by atoms with Crippen LogP contribution in [-0.2, 0) is 20.8 Å². The maximum atomic E-state index is 12.7. The number of nitrogens with zero attached hydrogens (tertiary/aromatic N) is 1. The third kappa shape index (κ3) is 2.94. The molecule has 0 aromatic heterocycles. The van der Waals surface area contributed by atoms with Gasteiger partial charge in [-0.3, -0.25) is 35.1 Å². The molecule has 9 heteroatoms. The minimum absolute atomic E-state index is 0.107. The number of fused-ring (bicyclic) bond motifs is 1. The summed E-state index contributed by atoms with van der Waals surface area (Å²) in [6.45, 7) is 1.86. The van der Waals surface area contributed by atoms with E-state index in [-0.39, 0.29) is 12.1 Å². The lowest BCUT2D eigenvalue weighted by Crippen LogP contribution is -2.57. The lowest BCUT2D eigenvalue weighted by molar-refractivity contribution is -0.384. The molecule has 2 aromatic carbocycles. The molecule has 2 amide bonds. The maximum absolute atomic E-state index is 12.7. The van der Waals surface area contributed by atoms with E-state index in [4.69, 9.17) is 0 Å². The molecule has 4 unspecified atom stereocenters. The second kappa shape index (κ2) is 7.03. The number of nitro groups is 1. The van der Waals surface area contributed by atoms with Crippen molar-refractivity contribution in [1.82, 2.24) is 10.6 Å². The summed E-state index contributed by atoms with van der Waals surface area (Å²) < 4.78 is 0. The number of amides is 2. The molecule has 30 heavy (non-hydrogen) atoms. The Bertz CT molecular complexity index is 1070. The number of aliphatic carboxylic acids is 1. The van der Waals surface area contributed by atoms with Crippen molar-refractivity contribution in [2.45, 2.75) is 24.9 Å². The molecule has 3 N–H and O–H groups in total. The summed E-state index contributed by atoms with van der Waals surface area (Å²) in [6.07, 6.45) is -0.107. The van der Waals surface area contributed by atoms with Gasteiger partial charge in [-0.2, -0.15) is 0 Å². The van der Waals surface area contributed by atoms with Gasteiger partial charge in [0.2, 0.25) is 11.8 Å². The van der Waals surface area contributed by atoms with Crippen LogP contribution in [0.5, 0.6) is 0 Å². The molecular formula is C21H19N3O6. The average Bonchev–Trinajstić information content (AvgIpc) is 3.20. The molecule has 4 rings (SSSR count). The van der Waals surface area contributed by atoms with Crippen molar-refractivity contribution in [2.75, 3.05) is 0 Å². The van der Waals surface area contributed by atoms with Gasteiger partial charge in [0.25, 0.3) is 5.69 Å². The number of aryl methyl sites for hydroxylation is 1. The topological polar surface area (TPSA) is 139 Å². The van der Waals surface area contributed by atoms with E-state index in [1.165, 1.54) is 24.3 Å². The molecule has 154 valence electrons. The summed E-state index contributed by atoms with van der Waals surface area (Å²) in [5.74, 6) is -4.36. The Balaban J connectivity index is 1.79. The standard InChI is InChI=1S/C21H19N3O6/c1-11-4-2-3-5-14(11)17-15-16(19(26)22-18(15)25)21(23-17,20(27)28)10-12-6-8-13(9-7-12)24(29)30/h2-9,15-17,23H,10H2,1H3,(H,27,28)(H,22,25,26). The highest BCUT2D eigenvalue weighted by Gasteiger charge is 2.66. The van der Waals surface area contributed by atoms with Gasteiger partial charge in [0.05, 0.1) is 16.8 Å². The fourth-order valence-electron chi connectivity index (χ4n) is 4.62. The summed E-state index contributed by atoms with van der Waals surface area (Å²) in [7, 11) is 0. The summed E-state index contributed by atoms with van der Waals surface area (Å²) in [4.78, 5) is 48.1. The van der Waals surface area contributed by atoms with Crippen LogP contribution in [0.3, 0.4) is 0 Å². The second-order valence-electron chi connectivity index (χ2n) is 7.71. The van der Waals surface area contributed by atoms with Crippen molar-refractivity contribution in [3.05, 3.63) is 75.3 Å². The summed E-state index contributed by atoms with van der Waals surface area (Å²) in [5, 5.41) is 26.5. The molecule has 2 fully saturated rings. The van der Waals surface area contributed by atoms with Crippen LogP contribution in [0.2, 0.25) is 0 Å². The molecule has 0 radical (unpaired) electrons. The zero-order valence-electron chi connectivity index (χ0n) is 16.0. The average molecular weight is 409 g/mol. The van der Waals surface area contributed by atoms with E-state index in [1.54, 1.807) is 6.07 Å². The quantitative estimate of drug-likeness (QED) is 0.386. The zero-order valence-corrected chi connectivity index (χ0v) is 16.0. The Labute approximate surface area is 171 Å². The van der Waals surface area contributed by atoms with Gasteiger partial charge >= 0.3 is 5.97 Å². The monoisotopic (exact) mass is 409 g/mol. The van der Waals surface area contributed by atoms with Crippen molar-refractivity contribution in [1.29, 1.82) is 0 Å². The van der Waals surface area contributed by atoms with Gasteiger partial charge in [0.15, 0.2) is 0 Å². The summed E-state index contributed by atoms with van der Waals surface area (Å²) in [6, 6.07) is 12.2. The number of rotatable bonds is 5. The van der Waals surface area contributed by atoms with Crippen LogP contribution in [0.25, 0.3) is 0 Å². The number of carboxylic acid groups (broad SMARTS) is 1. The number of carboxylic acids is 1. The van der Waals surface area contributed by atoms with Crippen LogP contribution in [0.1, 0.15) is 22.7 Å². The molecule has 2 heterocycles. The van der Waals surface area contributed by atoms with Crippen molar-refractivity contribution >= 4 is 23.5 Å². The molecule has 0 spiro atoms. The van der Waals surface area contributed by atoms with E-state index in [1.807, 2.05) is 25.1 Å². The Morgan fingerprint density at radius 1 is 1.13 bits per heavy atom. The van der Waals surface area contributed by atoms with Crippen LogP contribution in [-0.4, -0.2) is 33.4 Å². The number of nitro benzene ring substituents is 1. The first-order valence-corrected chi connectivity index (χ1v) is 9.39. The first-order valence-electron chi connectivity index (χ1n) is 9.39. The van der Waals surface area contributed by atoms with Crippen molar-refractivity contribution in [3.63, 3.8) is 0 Å². The molecule has 4 atom stereocenters. The van der Waals surface area contributed by atoms with Gasteiger partial charge in [0.1, 0.15) is 5.54 Å². The van der Waals surface area contributed by atoms with Crippen molar-refractivity contribution in [3.8, 4) is 0 Å². The van der Waals surface area contributed by atoms with E-state index in [2.05, 4.69) is 10.6 Å². The third-order valence-corrected chi connectivity index (χ3v) is 6.03. The van der Waals surface area contributed by atoms with Gasteiger partial charge in [-0.05, 0) is 23.6 Å². The Morgan fingerprint density at radius 2 is 1.80 bits per heavy atom. The van der Waals surface area contributed by atoms with Crippen LogP contribution >= 0.6 is 0 Å². The van der Waals surface area contributed by atoms with Crippen molar-refractivity contribution < 1.29 is 24.4 Å². The molecule has 2 saturated heterocycles. The van der Waals surface area contributed by atoms with Gasteiger partial charge in [-0.25, -0.2) is 0 Å². The number of hydrogen-bond donors (Lipinski definition) is 3. The largest absolute Gasteiger partial charge is 0.480 e. The fraction of sp³-hybridized carbons (Fsp3) is 0.286. The normalized spacial score (nSPS) is 27.6. The van der Waals surface area contributed by atoms with Gasteiger partial charge in [0, 0.05) is 24.6 Å². The lowest BCUT2D eigenvalue weighted by atomic mass is 9.76. The predicted octanol–water partition coefficient (Wildman–Crippen LogP) is 1.50. The number of carbonyl (C=O) groups excluding carboxylic acids is 2. The van der Waals surface area contributed by atoms with Gasteiger partial charge < -0.3 is 5.11 Å². The van der Waals surface area contributed by atoms with E-state index < -0.39 is 46.1 Å². The number of non-ortho nitro benzene ring substituents is 1. The van der Waals surface area contributed by atoms with Crippen LogP contribution in [0.4, 0.5) is 5.69 Å². The van der Waals surface area contributed by atoms with E-state index in [0.717, 1.165) is 11.1 Å². The molecule has 0 saturated carbocycles. The zero-order chi connectivity index (χ0) is 21.6. The number of carbonyl (C=O) groups is 3. The molecule has 0 aliphatic carbocycles. The van der Waals surface area contributed by atoms with Crippen LogP contribution in [0.15, 0.2) is 48.5 Å².